The van der Waals surface area contributed by atoms with Crippen LogP contribution in [0.25, 0.3) is 0 Å². The van der Waals surface area contributed by atoms with E-state index in [4.69, 9.17) is 28.3 Å². The molecule has 0 bridgehead atoms. The Morgan fingerprint density at radius 1 is 1.08 bits per heavy atom. The largest absolute Gasteiger partial charge is 0.478 e. The molecule has 2 aromatic rings. The molecule has 2 unspecified atom stereocenters. The van der Waals surface area contributed by atoms with Crippen molar-refractivity contribution in [1.82, 2.24) is 5.32 Å². The van der Waals surface area contributed by atoms with Gasteiger partial charge >= 0.3 is 5.97 Å². The Bertz CT molecular complexity index is 885. The number of aromatic carboxylic acids is 1. The van der Waals surface area contributed by atoms with E-state index in [-0.39, 0.29) is 10.6 Å². The van der Waals surface area contributed by atoms with Gasteiger partial charge in [0.2, 0.25) is 11.8 Å². The molecule has 0 aromatic heterocycles. The molecule has 0 aliphatic carbocycles. The molecule has 1 aliphatic heterocycles. The van der Waals surface area contributed by atoms with Crippen molar-refractivity contribution in [2.24, 2.45) is 0 Å². The van der Waals surface area contributed by atoms with Gasteiger partial charge in [-0.15, -0.1) is 0 Å². The zero-order valence-electron chi connectivity index (χ0n) is 12.6. The van der Waals surface area contributed by atoms with Gasteiger partial charge in [0, 0.05) is 10.7 Å². The van der Waals surface area contributed by atoms with Crippen LogP contribution >= 0.6 is 23.2 Å². The second kappa shape index (κ2) is 6.74. The fraction of sp³-hybridized carbons (Fsp3) is 0.118. The lowest BCUT2D eigenvalue weighted by molar-refractivity contribution is -0.125. The Morgan fingerprint density at radius 3 is 2.52 bits per heavy atom. The maximum atomic E-state index is 12.2. The first-order chi connectivity index (χ1) is 11.9. The van der Waals surface area contributed by atoms with E-state index in [0.717, 1.165) is 0 Å². The molecule has 0 spiro atoms. The second-order valence-corrected chi connectivity index (χ2v) is 6.35. The Kier molecular flexibility index (Phi) is 4.65. The third-order valence-electron chi connectivity index (χ3n) is 3.87. The highest BCUT2D eigenvalue weighted by atomic mass is 35.5. The SMILES string of the molecule is O=C(O)c1cc(NC2C(=O)NC(=O)C2c2cccc(Cl)c2)ccc1Cl. The molecule has 1 saturated heterocycles. The molecule has 0 radical (unpaired) electrons. The minimum Gasteiger partial charge on any atom is -0.478 e. The van der Waals surface area contributed by atoms with Crippen LogP contribution in [-0.2, 0) is 9.59 Å². The van der Waals surface area contributed by atoms with Crippen LogP contribution in [0.3, 0.4) is 0 Å². The third-order valence-corrected chi connectivity index (χ3v) is 4.44. The molecule has 3 N–H and O–H groups in total. The van der Waals surface area contributed by atoms with Crippen LogP contribution in [0.15, 0.2) is 42.5 Å². The molecule has 8 heteroatoms. The molecular formula is C17H12Cl2N2O4. The summed E-state index contributed by atoms with van der Waals surface area (Å²) in [5, 5.41) is 14.9. The molecule has 1 heterocycles. The van der Waals surface area contributed by atoms with Gasteiger partial charge in [-0.2, -0.15) is 0 Å². The molecule has 1 aliphatic rings. The van der Waals surface area contributed by atoms with Crippen molar-refractivity contribution in [2.75, 3.05) is 5.32 Å². The number of carbonyl (C=O) groups is 3. The summed E-state index contributed by atoms with van der Waals surface area (Å²) in [6.45, 7) is 0. The standard InChI is InChI=1S/C17H12Cl2N2O4/c18-9-3-1-2-8(6-9)13-14(16(23)21-15(13)22)20-10-4-5-12(19)11(7-10)17(24)25/h1-7,13-14,20H,(H,24,25)(H,21,22,23). The highest BCUT2D eigenvalue weighted by Gasteiger charge is 2.42. The molecule has 2 atom stereocenters. The zero-order valence-corrected chi connectivity index (χ0v) is 14.1. The van der Waals surface area contributed by atoms with Crippen LogP contribution in [0.1, 0.15) is 21.8 Å². The van der Waals surface area contributed by atoms with Crippen molar-refractivity contribution in [3.63, 3.8) is 0 Å². The number of imide groups is 1. The number of carbonyl (C=O) groups excluding carboxylic acids is 2. The highest BCUT2D eigenvalue weighted by Crippen LogP contribution is 2.30. The lowest BCUT2D eigenvalue weighted by atomic mass is 9.93. The summed E-state index contributed by atoms with van der Waals surface area (Å²) in [4.78, 5) is 35.6. The molecule has 2 aromatic carbocycles. The quantitative estimate of drug-likeness (QED) is 0.710. The van der Waals surface area contributed by atoms with E-state index in [1.807, 2.05) is 0 Å². The maximum Gasteiger partial charge on any atom is 0.337 e. The van der Waals surface area contributed by atoms with Crippen molar-refractivity contribution in [3.05, 3.63) is 63.6 Å². The van der Waals surface area contributed by atoms with Crippen molar-refractivity contribution in [1.29, 1.82) is 0 Å². The van der Waals surface area contributed by atoms with Crippen LogP contribution in [0.2, 0.25) is 10.0 Å². The van der Waals surface area contributed by atoms with E-state index < -0.39 is 29.7 Å². The van der Waals surface area contributed by atoms with Crippen LogP contribution < -0.4 is 10.6 Å². The molecule has 1 fully saturated rings. The summed E-state index contributed by atoms with van der Waals surface area (Å²) in [7, 11) is 0. The van der Waals surface area contributed by atoms with Gasteiger partial charge in [0.25, 0.3) is 0 Å². The van der Waals surface area contributed by atoms with Gasteiger partial charge in [-0.05, 0) is 35.9 Å². The number of nitrogens with one attached hydrogen (secondary N) is 2. The summed E-state index contributed by atoms with van der Waals surface area (Å²) in [6.07, 6.45) is 0. The number of hydrogen-bond donors (Lipinski definition) is 3. The lowest BCUT2D eigenvalue weighted by Gasteiger charge is -2.19. The number of benzene rings is 2. The number of carboxylic acids is 1. The summed E-state index contributed by atoms with van der Waals surface area (Å²) < 4.78 is 0. The molecule has 3 rings (SSSR count). The second-order valence-electron chi connectivity index (χ2n) is 5.51. The van der Waals surface area contributed by atoms with Gasteiger partial charge in [-0.3, -0.25) is 14.9 Å². The summed E-state index contributed by atoms with van der Waals surface area (Å²) in [6, 6.07) is 10.0. The number of amides is 2. The number of rotatable bonds is 4. The Balaban J connectivity index is 1.94. The van der Waals surface area contributed by atoms with Gasteiger partial charge in [-0.25, -0.2) is 4.79 Å². The fourth-order valence-electron chi connectivity index (χ4n) is 2.73. The van der Waals surface area contributed by atoms with Crippen molar-refractivity contribution < 1.29 is 19.5 Å². The first-order valence-electron chi connectivity index (χ1n) is 7.26. The molecule has 2 amide bonds. The van der Waals surface area contributed by atoms with E-state index in [0.29, 0.717) is 16.3 Å². The Labute approximate surface area is 152 Å². The molecule has 6 nitrogen and oxygen atoms in total. The van der Waals surface area contributed by atoms with Crippen molar-refractivity contribution in [3.8, 4) is 0 Å². The summed E-state index contributed by atoms with van der Waals surface area (Å²) >= 11 is 11.8. The van der Waals surface area contributed by atoms with Crippen LogP contribution in [0, 0.1) is 0 Å². The first kappa shape index (κ1) is 17.3. The minimum absolute atomic E-state index is 0.0800. The van der Waals surface area contributed by atoms with Crippen molar-refractivity contribution >= 4 is 46.7 Å². The predicted molar refractivity (Wildman–Crippen MR) is 93.2 cm³/mol. The molecule has 128 valence electrons. The third kappa shape index (κ3) is 3.45. The van der Waals surface area contributed by atoms with Gasteiger partial charge < -0.3 is 10.4 Å². The Hall–Kier alpha value is -2.57. The van der Waals surface area contributed by atoms with E-state index in [2.05, 4.69) is 10.6 Å². The smallest absolute Gasteiger partial charge is 0.337 e. The number of carboxylic acid groups (broad SMARTS) is 1. The fourth-order valence-corrected chi connectivity index (χ4v) is 3.13. The number of anilines is 1. The minimum atomic E-state index is -1.19. The average molecular weight is 379 g/mol. The van der Waals surface area contributed by atoms with E-state index in [1.165, 1.54) is 12.1 Å². The van der Waals surface area contributed by atoms with Gasteiger partial charge in [0.1, 0.15) is 6.04 Å². The van der Waals surface area contributed by atoms with Crippen LogP contribution in [0.5, 0.6) is 0 Å². The first-order valence-corrected chi connectivity index (χ1v) is 8.02. The van der Waals surface area contributed by atoms with Gasteiger partial charge in [0.05, 0.1) is 16.5 Å². The zero-order chi connectivity index (χ0) is 18.1. The average Bonchev–Trinajstić information content (AvgIpc) is 2.82. The van der Waals surface area contributed by atoms with E-state index in [1.54, 1.807) is 30.3 Å². The predicted octanol–water partition coefficient (Wildman–Crippen LogP) is 2.91. The summed E-state index contributed by atoms with van der Waals surface area (Å²) in [5.41, 5.74) is 0.847. The molecular weight excluding hydrogens is 367 g/mol. The topological polar surface area (TPSA) is 95.5 Å². The van der Waals surface area contributed by atoms with E-state index in [9.17, 15) is 14.4 Å². The van der Waals surface area contributed by atoms with Crippen LogP contribution in [0.4, 0.5) is 5.69 Å². The van der Waals surface area contributed by atoms with Crippen molar-refractivity contribution in [2.45, 2.75) is 12.0 Å². The molecule has 0 saturated carbocycles. The lowest BCUT2D eigenvalue weighted by Crippen LogP contribution is -2.32. The van der Waals surface area contributed by atoms with Gasteiger partial charge in [0.15, 0.2) is 0 Å². The highest BCUT2D eigenvalue weighted by molar-refractivity contribution is 6.33. The maximum absolute atomic E-state index is 12.2. The monoisotopic (exact) mass is 378 g/mol. The van der Waals surface area contributed by atoms with Gasteiger partial charge in [-0.1, -0.05) is 35.3 Å². The molecule has 25 heavy (non-hydrogen) atoms. The van der Waals surface area contributed by atoms with Crippen LogP contribution in [-0.4, -0.2) is 28.9 Å². The summed E-state index contributed by atoms with van der Waals surface area (Å²) in [5.74, 6) is -2.92. The number of halogens is 2. The normalized spacial score (nSPS) is 19.6. The van der Waals surface area contributed by atoms with E-state index >= 15 is 0 Å². The Morgan fingerprint density at radius 2 is 1.84 bits per heavy atom. The number of hydrogen-bond acceptors (Lipinski definition) is 4.